The van der Waals surface area contributed by atoms with E-state index in [2.05, 4.69) is 5.32 Å². The van der Waals surface area contributed by atoms with Gasteiger partial charge in [-0.15, -0.1) is 0 Å². The van der Waals surface area contributed by atoms with Crippen molar-refractivity contribution < 1.29 is 19.1 Å². The second kappa shape index (κ2) is 6.49. The number of hydrogen-bond acceptors (Lipinski definition) is 4. The molecule has 4 atom stereocenters. The van der Waals surface area contributed by atoms with E-state index in [4.69, 9.17) is 4.74 Å². The summed E-state index contributed by atoms with van der Waals surface area (Å²) in [5, 5.41) is 2.76. The first-order valence-electron chi connectivity index (χ1n) is 8.42. The van der Waals surface area contributed by atoms with Crippen LogP contribution in [0.5, 0.6) is 0 Å². The van der Waals surface area contributed by atoms with Gasteiger partial charge in [0.15, 0.2) is 0 Å². The summed E-state index contributed by atoms with van der Waals surface area (Å²) >= 11 is 0. The second-order valence-corrected chi connectivity index (χ2v) is 7.76. The molecule has 0 spiro atoms. The predicted octanol–water partition coefficient (Wildman–Crippen LogP) is 1.62. The SMILES string of the molecule is CC(=O)N[C@@H]1C(=O)N2[C@@H](CCC1C)CC[C@H]2C(=O)OC(C)(C)C. The summed E-state index contributed by atoms with van der Waals surface area (Å²) in [6, 6.07) is -1.02. The number of nitrogens with zero attached hydrogens (tertiary/aromatic N) is 1. The summed E-state index contributed by atoms with van der Waals surface area (Å²) < 4.78 is 5.48. The molecule has 2 heterocycles. The molecule has 23 heavy (non-hydrogen) atoms. The lowest BCUT2D eigenvalue weighted by atomic mass is 9.95. The fourth-order valence-corrected chi connectivity index (χ4v) is 3.55. The minimum Gasteiger partial charge on any atom is -0.458 e. The second-order valence-electron chi connectivity index (χ2n) is 7.76. The van der Waals surface area contributed by atoms with Gasteiger partial charge in [0.05, 0.1) is 0 Å². The first-order chi connectivity index (χ1) is 10.6. The number of carbonyl (C=O) groups excluding carboxylic acids is 3. The van der Waals surface area contributed by atoms with Crippen LogP contribution in [0.3, 0.4) is 0 Å². The topological polar surface area (TPSA) is 75.7 Å². The minimum absolute atomic E-state index is 0.0660. The Morgan fingerprint density at radius 2 is 1.78 bits per heavy atom. The van der Waals surface area contributed by atoms with E-state index in [0.717, 1.165) is 19.3 Å². The molecule has 6 heteroatoms. The number of nitrogens with one attached hydrogen (secondary N) is 1. The molecule has 2 aliphatic heterocycles. The number of hydrogen-bond donors (Lipinski definition) is 1. The molecule has 0 radical (unpaired) electrons. The van der Waals surface area contributed by atoms with Crippen LogP contribution < -0.4 is 5.32 Å². The van der Waals surface area contributed by atoms with Crippen molar-refractivity contribution in [2.24, 2.45) is 5.92 Å². The molecular formula is C17H28N2O4. The van der Waals surface area contributed by atoms with E-state index in [1.807, 2.05) is 27.7 Å². The molecule has 2 amide bonds. The Hall–Kier alpha value is -1.59. The molecule has 2 fully saturated rings. The predicted molar refractivity (Wildman–Crippen MR) is 85.5 cm³/mol. The maximum Gasteiger partial charge on any atom is 0.329 e. The lowest BCUT2D eigenvalue weighted by Crippen LogP contribution is -2.54. The molecule has 130 valence electrons. The molecule has 0 saturated carbocycles. The molecule has 0 aliphatic carbocycles. The fraction of sp³-hybridized carbons (Fsp3) is 0.824. The smallest absolute Gasteiger partial charge is 0.329 e. The fourth-order valence-electron chi connectivity index (χ4n) is 3.55. The van der Waals surface area contributed by atoms with Gasteiger partial charge in [-0.3, -0.25) is 9.59 Å². The number of carbonyl (C=O) groups is 3. The summed E-state index contributed by atoms with van der Waals surface area (Å²) in [4.78, 5) is 38.6. The van der Waals surface area contributed by atoms with Gasteiger partial charge < -0.3 is 15.0 Å². The summed E-state index contributed by atoms with van der Waals surface area (Å²) in [6.45, 7) is 8.86. The maximum absolute atomic E-state index is 13.0. The van der Waals surface area contributed by atoms with Gasteiger partial charge in [0.2, 0.25) is 11.8 Å². The Kier molecular flexibility index (Phi) is 5.01. The highest BCUT2D eigenvalue weighted by Gasteiger charge is 2.47. The van der Waals surface area contributed by atoms with Crippen LogP contribution in [-0.2, 0) is 19.1 Å². The Balaban J connectivity index is 2.22. The largest absolute Gasteiger partial charge is 0.458 e. The van der Waals surface area contributed by atoms with E-state index in [1.54, 1.807) is 4.90 Å². The summed E-state index contributed by atoms with van der Waals surface area (Å²) in [6.07, 6.45) is 3.17. The highest BCUT2D eigenvalue weighted by atomic mass is 16.6. The van der Waals surface area contributed by atoms with Crippen molar-refractivity contribution in [3.8, 4) is 0 Å². The zero-order valence-electron chi connectivity index (χ0n) is 14.7. The molecule has 6 nitrogen and oxygen atoms in total. The zero-order chi connectivity index (χ0) is 17.4. The molecule has 0 aromatic carbocycles. The van der Waals surface area contributed by atoms with Gasteiger partial charge in [0.1, 0.15) is 17.7 Å². The lowest BCUT2D eigenvalue weighted by Gasteiger charge is -2.32. The Morgan fingerprint density at radius 3 is 2.35 bits per heavy atom. The van der Waals surface area contributed by atoms with Crippen LogP contribution in [0.2, 0.25) is 0 Å². The summed E-state index contributed by atoms with van der Waals surface area (Å²) in [5.41, 5.74) is -0.575. The Labute approximate surface area is 137 Å². The van der Waals surface area contributed by atoms with Crippen LogP contribution >= 0.6 is 0 Å². The highest BCUT2D eigenvalue weighted by Crippen LogP contribution is 2.34. The third-order valence-electron chi connectivity index (χ3n) is 4.58. The molecule has 2 aliphatic rings. The Morgan fingerprint density at radius 1 is 1.17 bits per heavy atom. The van der Waals surface area contributed by atoms with Crippen LogP contribution in [0, 0.1) is 5.92 Å². The van der Waals surface area contributed by atoms with Gasteiger partial charge in [-0.1, -0.05) is 6.92 Å². The molecule has 0 bridgehead atoms. The summed E-state index contributed by atoms with van der Waals surface area (Å²) in [7, 11) is 0. The van der Waals surface area contributed by atoms with E-state index in [-0.39, 0.29) is 29.7 Å². The van der Waals surface area contributed by atoms with E-state index in [9.17, 15) is 14.4 Å². The van der Waals surface area contributed by atoms with Gasteiger partial charge in [0, 0.05) is 13.0 Å². The van der Waals surface area contributed by atoms with E-state index >= 15 is 0 Å². The van der Waals surface area contributed by atoms with E-state index < -0.39 is 17.7 Å². The number of esters is 1. The van der Waals surface area contributed by atoms with Crippen LogP contribution in [0.4, 0.5) is 0 Å². The molecule has 1 N–H and O–H groups in total. The first kappa shape index (κ1) is 17.8. The molecule has 0 aromatic heterocycles. The van der Waals surface area contributed by atoms with Crippen molar-refractivity contribution in [3.63, 3.8) is 0 Å². The number of rotatable bonds is 2. The van der Waals surface area contributed by atoms with Crippen molar-refractivity contribution in [2.45, 2.75) is 84.0 Å². The Bertz CT molecular complexity index is 497. The number of ether oxygens (including phenoxy) is 1. The van der Waals surface area contributed by atoms with Crippen molar-refractivity contribution >= 4 is 17.8 Å². The summed E-state index contributed by atoms with van der Waals surface area (Å²) in [5.74, 6) is -0.647. The van der Waals surface area contributed by atoms with Crippen LogP contribution in [-0.4, -0.2) is 46.4 Å². The van der Waals surface area contributed by atoms with Gasteiger partial charge in [-0.05, 0) is 52.4 Å². The maximum atomic E-state index is 13.0. The molecular weight excluding hydrogens is 296 g/mol. The molecule has 1 unspecified atom stereocenters. The average Bonchev–Trinajstić information content (AvgIpc) is 2.78. The quantitative estimate of drug-likeness (QED) is 0.783. The average molecular weight is 324 g/mol. The van der Waals surface area contributed by atoms with Crippen molar-refractivity contribution in [1.82, 2.24) is 10.2 Å². The van der Waals surface area contributed by atoms with E-state index in [0.29, 0.717) is 6.42 Å². The van der Waals surface area contributed by atoms with E-state index in [1.165, 1.54) is 6.92 Å². The van der Waals surface area contributed by atoms with Crippen LogP contribution in [0.15, 0.2) is 0 Å². The molecule has 0 aromatic rings. The normalized spacial score (nSPS) is 31.3. The standard InChI is InChI=1S/C17H28N2O4/c1-10-6-7-12-8-9-13(16(22)23-17(3,4)5)19(12)15(21)14(10)18-11(2)20/h10,12-14H,6-9H2,1-5H3,(H,18,20)/t10?,12-,13-,14-/m0/s1. The van der Waals surface area contributed by atoms with Crippen molar-refractivity contribution in [3.05, 3.63) is 0 Å². The minimum atomic E-state index is -0.575. The number of fused-ring (bicyclic) bond motifs is 1. The van der Waals surface area contributed by atoms with Gasteiger partial charge >= 0.3 is 5.97 Å². The van der Waals surface area contributed by atoms with Crippen molar-refractivity contribution in [1.29, 1.82) is 0 Å². The molecule has 2 saturated heterocycles. The lowest BCUT2D eigenvalue weighted by molar-refractivity contribution is -0.164. The monoisotopic (exact) mass is 324 g/mol. The van der Waals surface area contributed by atoms with Gasteiger partial charge in [0.25, 0.3) is 0 Å². The third-order valence-corrected chi connectivity index (χ3v) is 4.58. The van der Waals surface area contributed by atoms with Gasteiger partial charge in [-0.2, -0.15) is 0 Å². The van der Waals surface area contributed by atoms with Gasteiger partial charge in [-0.25, -0.2) is 4.79 Å². The van der Waals surface area contributed by atoms with Crippen molar-refractivity contribution in [2.75, 3.05) is 0 Å². The highest BCUT2D eigenvalue weighted by molar-refractivity contribution is 5.91. The van der Waals surface area contributed by atoms with Crippen LogP contribution in [0.1, 0.15) is 60.3 Å². The number of amides is 2. The zero-order valence-corrected chi connectivity index (χ0v) is 14.7. The molecule has 2 rings (SSSR count). The third kappa shape index (κ3) is 4.03. The van der Waals surface area contributed by atoms with Crippen LogP contribution in [0.25, 0.3) is 0 Å². The first-order valence-corrected chi connectivity index (χ1v) is 8.42.